The molecule has 2 aliphatic heterocycles. The summed E-state index contributed by atoms with van der Waals surface area (Å²) in [6, 6.07) is 18.6. The maximum atomic E-state index is 11.2. The summed E-state index contributed by atoms with van der Waals surface area (Å²) in [5.41, 5.74) is 8.61. The third-order valence-electron chi connectivity index (χ3n) is 7.61. The number of para-hydroxylation sites is 1. The van der Waals surface area contributed by atoms with E-state index >= 15 is 0 Å². The van der Waals surface area contributed by atoms with Gasteiger partial charge in [-0.2, -0.15) is 0 Å². The van der Waals surface area contributed by atoms with Crippen LogP contribution in [-0.2, 0) is 17.8 Å². The van der Waals surface area contributed by atoms with E-state index in [1.165, 1.54) is 5.56 Å². The van der Waals surface area contributed by atoms with Gasteiger partial charge in [0.2, 0.25) is 0 Å². The lowest BCUT2D eigenvalue weighted by Crippen LogP contribution is -2.07. The molecule has 0 bridgehead atoms. The molecule has 0 saturated heterocycles. The molecular formula is C32H31NO6. The third-order valence-corrected chi connectivity index (χ3v) is 7.61. The summed E-state index contributed by atoms with van der Waals surface area (Å²) in [5.74, 6) is 2.65. The van der Waals surface area contributed by atoms with E-state index in [4.69, 9.17) is 18.7 Å². The molecule has 1 aromatic heterocycles. The molecule has 200 valence electrons. The fourth-order valence-corrected chi connectivity index (χ4v) is 5.86. The number of carboxylic acid groups (broad SMARTS) is 1. The van der Waals surface area contributed by atoms with Gasteiger partial charge in [-0.25, -0.2) is 0 Å². The summed E-state index contributed by atoms with van der Waals surface area (Å²) >= 11 is 0. The Hall–Kier alpha value is -4.26. The van der Waals surface area contributed by atoms with Crippen LogP contribution in [-0.4, -0.2) is 29.4 Å². The Morgan fingerprint density at radius 3 is 2.51 bits per heavy atom. The van der Waals surface area contributed by atoms with Crippen LogP contribution in [0.15, 0.2) is 59.1 Å². The van der Waals surface area contributed by atoms with Crippen LogP contribution in [0.2, 0.25) is 0 Å². The number of carboxylic acids is 1. The Morgan fingerprint density at radius 2 is 1.77 bits per heavy atom. The smallest absolute Gasteiger partial charge is 0.304 e. The van der Waals surface area contributed by atoms with E-state index in [1.54, 1.807) is 0 Å². The summed E-state index contributed by atoms with van der Waals surface area (Å²) in [7, 11) is 0. The Labute approximate surface area is 227 Å². The Bertz CT molecular complexity index is 1530. The highest BCUT2D eigenvalue weighted by Gasteiger charge is 2.30. The number of aromatic nitrogens is 1. The van der Waals surface area contributed by atoms with E-state index in [0.29, 0.717) is 19.8 Å². The zero-order chi connectivity index (χ0) is 27.1. The zero-order valence-corrected chi connectivity index (χ0v) is 22.3. The molecular weight excluding hydrogens is 494 g/mol. The summed E-state index contributed by atoms with van der Waals surface area (Å²) < 4.78 is 23.3. The van der Waals surface area contributed by atoms with Crippen molar-refractivity contribution in [2.75, 3.05) is 13.2 Å². The summed E-state index contributed by atoms with van der Waals surface area (Å²) in [4.78, 5) is 11.2. The van der Waals surface area contributed by atoms with Gasteiger partial charge in [0.1, 0.15) is 35.3 Å². The highest BCUT2D eigenvalue weighted by molar-refractivity contribution is 5.79. The number of carbonyl (C=O) groups is 1. The van der Waals surface area contributed by atoms with E-state index in [0.717, 1.165) is 68.5 Å². The first-order valence-corrected chi connectivity index (χ1v) is 13.3. The molecule has 0 saturated carbocycles. The topological polar surface area (TPSA) is 91.0 Å². The standard InChI is InChI=1S/C32H31NO6/c1-18-9-25(36-17-24-11-20(3)39-33-24)10-19(2)31(18)28-6-4-5-27-22(16-38-32(27)28)12-21-7-8-26-23(14-30(34)35)15-37-29(26)13-21/h4-11,13,22-23H,12,14-17H2,1-3H3,(H,34,35)/t22-,23-/m1/s1. The quantitative estimate of drug-likeness (QED) is 0.280. The Kier molecular flexibility index (Phi) is 6.51. The maximum Gasteiger partial charge on any atom is 0.304 e. The van der Waals surface area contributed by atoms with Crippen LogP contribution in [0.4, 0.5) is 0 Å². The fourth-order valence-electron chi connectivity index (χ4n) is 5.86. The van der Waals surface area contributed by atoms with Gasteiger partial charge in [-0.1, -0.05) is 35.5 Å². The molecule has 3 heterocycles. The fraction of sp³-hybridized carbons (Fsp3) is 0.312. The van der Waals surface area contributed by atoms with Crippen LogP contribution in [0, 0.1) is 20.8 Å². The number of nitrogens with zero attached hydrogens (tertiary/aromatic N) is 1. The van der Waals surface area contributed by atoms with Gasteiger partial charge in [-0.05, 0) is 67.6 Å². The molecule has 0 aliphatic carbocycles. The number of benzene rings is 3. The Morgan fingerprint density at radius 1 is 0.974 bits per heavy atom. The zero-order valence-electron chi connectivity index (χ0n) is 22.3. The predicted molar refractivity (Wildman–Crippen MR) is 146 cm³/mol. The van der Waals surface area contributed by atoms with Gasteiger partial charge in [0.15, 0.2) is 0 Å². The first-order valence-electron chi connectivity index (χ1n) is 13.3. The first-order chi connectivity index (χ1) is 18.9. The van der Waals surface area contributed by atoms with Gasteiger partial charge in [0.25, 0.3) is 0 Å². The van der Waals surface area contributed by atoms with Gasteiger partial charge >= 0.3 is 5.97 Å². The maximum absolute atomic E-state index is 11.2. The van der Waals surface area contributed by atoms with Crippen molar-refractivity contribution >= 4 is 5.97 Å². The molecule has 0 radical (unpaired) electrons. The minimum absolute atomic E-state index is 0.0839. The second-order valence-corrected chi connectivity index (χ2v) is 10.6. The molecule has 2 aliphatic rings. The summed E-state index contributed by atoms with van der Waals surface area (Å²) in [6.45, 7) is 7.46. The number of ether oxygens (including phenoxy) is 3. The SMILES string of the molecule is Cc1cc(COc2cc(C)c(-c3cccc4c3OC[C@H]4Cc3ccc4c(c3)OC[C@H]4CC(=O)O)c(C)c2)no1. The van der Waals surface area contributed by atoms with Crippen LogP contribution in [0.25, 0.3) is 11.1 Å². The lowest BCUT2D eigenvalue weighted by Gasteiger charge is -2.16. The molecule has 4 aromatic rings. The van der Waals surface area contributed by atoms with Gasteiger partial charge in [0.05, 0.1) is 19.6 Å². The second-order valence-electron chi connectivity index (χ2n) is 10.6. The molecule has 39 heavy (non-hydrogen) atoms. The van der Waals surface area contributed by atoms with E-state index in [1.807, 2.05) is 19.1 Å². The molecule has 0 spiro atoms. The van der Waals surface area contributed by atoms with Crippen LogP contribution < -0.4 is 14.2 Å². The van der Waals surface area contributed by atoms with E-state index < -0.39 is 5.97 Å². The highest BCUT2D eigenvalue weighted by Crippen LogP contribution is 2.46. The number of hydrogen-bond acceptors (Lipinski definition) is 6. The first kappa shape index (κ1) is 25.0. The summed E-state index contributed by atoms with van der Waals surface area (Å²) in [6.07, 6.45) is 0.912. The van der Waals surface area contributed by atoms with Gasteiger partial charge in [-0.3, -0.25) is 4.79 Å². The second kappa shape index (κ2) is 10.1. The van der Waals surface area contributed by atoms with Gasteiger partial charge in [-0.15, -0.1) is 0 Å². The van der Waals surface area contributed by atoms with Crippen LogP contribution in [0.5, 0.6) is 17.2 Å². The highest BCUT2D eigenvalue weighted by atomic mass is 16.5. The predicted octanol–water partition coefficient (Wildman–Crippen LogP) is 6.52. The molecule has 3 aromatic carbocycles. The van der Waals surface area contributed by atoms with Crippen molar-refractivity contribution in [3.05, 3.63) is 93.9 Å². The normalized spacial score (nSPS) is 17.3. The van der Waals surface area contributed by atoms with Crippen LogP contribution >= 0.6 is 0 Å². The van der Waals surface area contributed by atoms with Gasteiger partial charge in [0, 0.05) is 34.6 Å². The van der Waals surface area contributed by atoms with Crippen molar-refractivity contribution in [1.82, 2.24) is 5.16 Å². The molecule has 0 amide bonds. The van der Waals surface area contributed by atoms with Crippen molar-refractivity contribution in [2.24, 2.45) is 0 Å². The van der Waals surface area contributed by atoms with Crippen LogP contribution in [0.1, 0.15) is 57.5 Å². The number of aryl methyl sites for hydroxylation is 3. The Balaban J connectivity index is 1.21. The molecule has 7 heteroatoms. The third kappa shape index (κ3) is 4.97. The lowest BCUT2D eigenvalue weighted by molar-refractivity contribution is -0.137. The van der Waals surface area contributed by atoms with Crippen molar-refractivity contribution in [2.45, 2.75) is 52.1 Å². The number of aliphatic carboxylic acids is 1. The van der Waals surface area contributed by atoms with Crippen LogP contribution in [0.3, 0.4) is 0 Å². The van der Waals surface area contributed by atoms with Gasteiger partial charge < -0.3 is 23.8 Å². The molecule has 7 nitrogen and oxygen atoms in total. The largest absolute Gasteiger partial charge is 0.493 e. The number of rotatable bonds is 8. The van der Waals surface area contributed by atoms with E-state index in [9.17, 15) is 9.90 Å². The molecule has 1 N–H and O–H groups in total. The number of hydrogen-bond donors (Lipinski definition) is 1. The minimum atomic E-state index is -0.801. The van der Waals surface area contributed by atoms with Crippen molar-refractivity contribution in [1.29, 1.82) is 0 Å². The number of fused-ring (bicyclic) bond motifs is 2. The summed E-state index contributed by atoms with van der Waals surface area (Å²) in [5, 5.41) is 13.2. The average Bonchev–Trinajstić information content (AvgIpc) is 3.61. The van der Waals surface area contributed by atoms with Crippen molar-refractivity contribution in [3.8, 4) is 28.4 Å². The average molecular weight is 526 g/mol. The molecule has 0 fully saturated rings. The molecule has 6 rings (SSSR count). The minimum Gasteiger partial charge on any atom is -0.493 e. The van der Waals surface area contributed by atoms with Crippen molar-refractivity contribution < 1.29 is 28.6 Å². The monoisotopic (exact) mass is 525 g/mol. The molecule has 0 unspecified atom stereocenters. The molecule has 2 atom stereocenters. The van der Waals surface area contributed by atoms with Crippen molar-refractivity contribution in [3.63, 3.8) is 0 Å². The van der Waals surface area contributed by atoms with E-state index in [2.05, 4.69) is 61.5 Å². The van der Waals surface area contributed by atoms with E-state index in [-0.39, 0.29) is 18.3 Å². The lowest BCUT2D eigenvalue weighted by atomic mass is 9.88.